The fraction of sp³-hybridized carbons (Fsp3) is 0.308. The number of rotatable bonds is 4. The Labute approximate surface area is 105 Å². The van der Waals surface area contributed by atoms with Crippen LogP contribution in [0.3, 0.4) is 0 Å². The highest BCUT2D eigenvalue weighted by molar-refractivity contribution is 5.84. The third kappa shape index (κ3) is 2.74. The Hall–Kier alpha value is -2.17. The fourth-order valence-electron chi connectivity index (χ4n) is 1.86. The van der Waals surface area contributed by atoms with Crippen LogP contribution in [0.2, 0.25) is 0 Å². The summed E-state index contributed by atoms with van der Waals surface area (Å²) in [7, 11) is 0. The molecule has 5 nitrogen and oxygen atoms in total. The van der Waals surface area contributed by atoms with Gasteiger partial charge in [-0.3, -0.25) is 0 Å². The van der Waals surface area contributed by atoms with Crippen molar-refractivity contribution in [3.63, 3.8) is 0 Å². The third-order valence-corrected chi connectivity index (χ3v) is 2.69. The number of aromatic hydroxyl groups is 1. The molecule has 0 spiro atoms. The molecule has 0 atom stereocenters. The van der Waals surface area contributed by atoms with E-state index in [1.54, 1.807) is 19.1 Å². The van der Waals surface area contributed by atoms with Crippen molar-refractivity contribution in [1.29, 1.82) is 0 Å². The fourth-order valence-corrected chi connectivity index (χ4v) is 1.86. The van der Waals surface area contributed by atoms with E-state index in [9.17, 15) is 9.90 Å². The van der Waals surface area contributed by atoms with Gasteiger partial charge in [0, 0.05) is 29.7 Å². The smallest absolute Gasteiger partial charge is 0.407 e. The summed E-state index contributed by atoms with van der Waals surface area (Å²) >= 11 is 0. The lowest BCUT2D eigenvalue weighted by Gasteiger charge is -2.04. The first-order valence-electron chi connectivity index (χ1n) is 5.90. The maximum Gasteiger partial charge on any atom is 0.407 e. The molecule has 1 aromatic carbocycles. The van der Waals surface area contributed by atoms with Gasteiger partial charge in [-0.25, -0.2) is 4.79 Å². The molecule has 1 aromatic heterocycles. The molecule has 0 aliphatic carbocycles. The summed E-state index contributed by atoms with van der Waals surface area (Å²) in [6.45, 7) is 2.66. The summed E-state index contributed by atoms with van der Waals surface area (Å²) in [4.78, 5) is 14.2. The van der Waals surface area contributed by atoms with Crippen LogP contribution in [-0.2, 0) is 11.2 Å². The molecule has 0 saturated heterocycles. The van der Waals surface area contributed by atoms with E-state index in [-0.39, 0.29) is 5.75 Å². The van der Waals surface area contributed by atoms with Crippen molar-refractivity contribution in [3.05, 3.63) is 30.0 Å². The van der Waals surface area contributed by atoms with E-state index in [0.29, 0.717) is 19.6 Å². The van der Waals surface area contributed by atoms with E-state index in [4.69, 9.17) is 4.74 Å². The Morgan fingerprint density at radius 2 is 2.33 bits per heavy atom. The van der Waals surface area contributed by atoms with Crippen LogP contribution >= 0.6 is 0 Å². The van der Waals surface area contributed by atoms with Crippen molar-refractivity contribution < 1.29 is 14.6 Å². The predicted molar refractivity (Wildman–Crippen MR) is 68.7 cm³/mol. The molecular formula is C13H16N2O3. The van der Waals surface area contributed by atoms with Gasteiger partial charge in [-0.2, -0.15) is 0 Å². The minimum absolute atomic E-state index is 0.237. The molecule has 2 aromatic rings. The Kier molecular flexibility index (Phi) is 3.72. The van der Waals surface area contributed by atoms with Gasteiger partial charge in [-0.1, -0.05) is 0 Å². The maximum absolute atomic E-state index is 11.1. The zero-order valence-corrected chi connectivity index (χ0v) is 10.2. The van der Waals surface area contributed by atoms with Gasteiger partial charge >= 0.3 is 6.09 Å². The standard InChI is InChI=1S/C13H16N2O3/c1-2-18-13(17)14-6-5-9-8-15-12-7-10(16)3-4-11(9)12/h3-4,7-8,15-16H,2,5-6H2,1H3,(H,14,17). The van der Waals surface area contributed by atoms with Crippen LogP contribution in [0.25, 0.3) is 10.9 Å². The number of aromatic amines is 1. The zero-order valence-electron chi connectivity index (χ0n) is 10.2. The molecule has 5 heteroatoms. The number of phenols is 1. The topological polar surface area (TPSA) is 74.3 Å². The van der Waals surface area contributed by atoms with Gasteiger partial charge in [-0.15, -0.1) is 0 Å². The summed E-state index contributed by atoms with van der Waals surface area (Å²) < 4.78 is 4.77. The first-order valence-corrected chi connectivity index (χ1v) is 5.90. The van der Waals surface area contributed by atoms with Crippen molar-refractivity contribution in [2.45, 2.75) is 13.3 Å². The van der Waals surface area contributed by atoms with Crippen molar-refractivity contribution in [2.75, 3.05) is 13.2 Å². The Bertz CT molecular complexity index is 548. The Balaban J connectivity index is 1.98. The van der Waals surface area contributed by atoms with Gasteiger partial charge in [0.05, 0.1) is 6.61 Å². The van der Waals surface area contributed by atoms with E-state index in [1.165, 1.54) is 0 Å². The number of hydrogen-bond acceptors (Lipinski definition) is 3. The largest absolute Gasteiger partial charge is 0.508 e. The van der Waals surface area contributed by atoms with E-state index in [2.05, 4.69) is 10.3 Å². The molecule has 2 rings (SSSR count). The van der Waals surface area contributed by atoms with Crippen LogP contribution in [0.5, 0.6) is 5.75 Å². The second kappa shape index (κ2) is 5.44. The lowest BCUT2D eigenvalue weighted by molar-refractivity contribution is 0.152. The number of nitrogens with one attached hydrogen (secondary N) is 2. The average molecular weight is 248 g/mol. The molecule has 0 radical (unpaired) electrons. The van der Waals surface area contributed by atoms with Gasteiger partial charge in [0.25, 0.3) is 0 Å². The highest BCUT2D eigenvalue weighted by Gasteiger charge is 2.05. The van der Waals surface area contributed by atoms with E-state index in [1.807, 2.05) is 12.3 Å². The van der Waals surface area contributed by atoms with E-state index in [0.717, 1.165) is 16.5 Å². The van der Waals surface area contributed by atoms with Gasteiger partial charge in [0.1, 0.15) is 5.75 Å². The van der Waals surface area contributed by atoms with Crippen molar-refractivity contribution in [2.24, 2.45) is 0 Å². The second-order valence-electron chi connectivity index (χ2n) is 3.94. The molecule has 0 saturated carbocycles. The first kappa shape index (κ1) is 12.3. The minimum atomic E-state index is -0.394. The number of benzene rings is 1. The lowest BCUT2D eigenvalue weighted by atomic mass is 10.1. The Morgan fingerprint density at radius 1 is 1.50 bits per heavy atom. The molecule has 18 heavy (non-hydrogen) atoms. The third-order valence-electron chi connectivity index (χ3n) is 2.69. The highest BCUT2D eigenvalue weighted by Crippen LogP contribution is 2.22. The van der Waals surface area contributed by atoms with Crippen LogP contribution in [-0.4, -0.2) is 29.3 Å². The molecule has 96 valence electrons. The SMILES string of the molecule is CCOC(=O)NCCc1c[nH]c2cc(O)ccc12. The summed E-state index contributed by atoms with van der Waals surface area (Å²) in [5, 5.41) is 13.1. The van der Waals surface area contributed by atoms with E-state index >= 15 is 0 Å². The minimum Gasteiger partial charge on any atom is -0.508 e. The number of carbonyl (C=O) groups is 1. The van der Waals surface area contributed by atoms with Gasteiger partial charge < -0.3 is 20.1 Å². The number of H-pyrrole nitrogens is 1. The van der Waals surface area contributed by atoms with Crippen LogP contribution in [0.1, 0.15) is 12.5 Å². The molecule has 3 N–H and O–H groups in total. The van der Waals surface area contributed by atoms with Crippen molar-refractivity contribution in [1.82, 2.24) is 10.3 Å². The first-order chi connectivity index (χ1) is 8.70. The monoisotopic (exact) mass is 248 g/mol. The Morgan fingerprint density at radius 3 is 3.11 bits per heavy atom. The number of alkyl carbamates (subject to hydrolysis) is 1. The van der Waals surface area contributed by atoms with Gasteiger partial charge in [0.2, 0.25) is 0 Å². The number of fused-ring (bicyclic) bond motifs is 1. The normalized spacial score (nSPS) is 10.5. The summed E-state index contributed by atoms with van der Waals surface area (Å²) in [6, 6.07) is 5.19. The van der Waals surface area contributed by atoms with Crippen molar-refractivity contribution >= 4 is 17.0 Å². The molecule has 1 amide bonds. The van der Waals surface area contributed by atoms with Crippen LogP contribution < -0.4 is 5.32 Å². The molecule has 0 aliphatic heterocycles. The molecule has 1 heterocycles. The number of ether oxygens (including phenoxy) is 1. The zero-order chi connectivity index (χ0) is 13.0. The van der Waals surface area contributed by atoms with Crippen molar-refractivity contribution in [3.8, 4) is 5.75 Å². The average Bonchev–Trinajstić information content (AvgIpc) is 2.72. The second-order valence-corrected chi connectivity index (χ2v) is 3.94. The molecule has 0 aliphatic rings. The van der Waals surface area contributed by atoms with Gasteiger partial charge in [-0.05, 0) is 31.0 Å². The number of amides is 1. The summed E-state index contributed by atoms with van der Waals surface area (Å²) in [6.07, 6.45) is 2.20. The van der Waals surface area contributed by atoms with E-state index < -0.39 is 6.09 Å². The lowest BCUT2D eigenvalue weighted by Crippen LogP contribution is -2.26. The number of aromatic nitrogens is 1. The summed E-state index contributed by atoms with van der Waals surface area (Å²) in [5.74, 6) is 0.237. The molecule has 0 fully saturated rings. The number of carbonyl (C=O) groups excluding carboxylic acids is 1. The molecule has 0 unspecified atom stereocenters. The van der Waals surface area contributed by atoms with Gasteiger partial charge in [0.15, 0.2) is 0 Å². The molecular weight excluding hydrogens is 232 g/mol. The van der Waals surface area contributed by atoms with Crippen LogP contribution in [0, 0.1) is 0 Å². The number of hydrogen-bond donors (Lipinski definition) is 3. The molecule has 0 bridgehead atoms. The predicted octanol–water partition coefficient (Wildman–Crippen LogP) is 2.16. The maximum atomic E-state index is 11.1. The highest BCUT2D eigenvalue weighted by atomic mass is 16.5. The quantitative estimate of drug-likeness (QED) is 0.776. The van der Waals surface area contributed by atoms with Crippen LogP contribution in [0.15, 0.2) is 24.4 Å². The van der Waals surface area contributed by atoms with Crippen LogP contribution in [0.4, 0.5) is 4.79 Å². The number of phenolic OH excluding ortho intramolecular Hbond substituents is 1. The summed E-state index contributed by atoms with van der Waals surface area (Å²) in [5.41, 5.74) is 1.99.